The smallest absolute Gasteiger partial charge is 0.405 e. The van der Waals surface area contributed by atoms with E-state index in [0.29, 0.717) is 0 Å². The van der Waals surface area contributed by atoms with Crippen molar-refractivity contribution in [1.82, 2.24) is 9.29 Å². The summed E-state index contributed by atoms with van der Waals surface area (Å²) in [6, 6.07) is 7.90. The SMILES string of the molecule is CN(Cc1ccccc1OC(F)(F)F)S(=O)(=O)c1ccc(Cl)nc1. The molecule has 1 aromatic heterocycles. The molecule has 2 rings (SSSR count). The molecule has 24 heavy (non-hydrogen) atoms. The quantitative estimate of drug-likeness (QED) is 0.745. The predicted octanol–water partition coefficient (Wildman–Crippen LogP) is 3.45. The van der Waals surface area contributed by atoms with E-state index in [9.17, 15) is 21.6 Å². The van der Waals surface area contributed by atoms with Crippen molar-refractivity contribution < 1.29 is 26.3 Å². The average molecular weight is 381 g/mol. The Balaban J connectivity index is 2.26. The number of hydrogen-bond acceptors (Lipinski definition) is 4. The first kappa shape index (κ1) is 18.5. The van der Waals surface area contributed by atoms with Gasteiger partial charge in [-0.3, -0.25) is 0 Å². The Labute approximate surface area is 141 Å². The lowest BCUT2D eigenvalue weighted by molar-refractivity contribution is -0.274. The second kappa shape index (κ2) is 6.96. The number of benzene rings is 1. The van der Waals surface area contributed by atoms with Gasteiger partial charge in [-0.25, -0.2) is 13.4 Å². The third-order valence-electron chi connectivity index (χ3n) is 3.00. The summed E-state index contributed by atoms with van der Waals surface area (Å²) in [5, 5.41) is 0.125. The molecule has 0 fully saturated rings. The molecule has 0 aliphatic heterocycles. The maximum atomic E-state index is 12.4. The van der Waals surface area contributed by atoms with Gasteiger partial charge in [-0.05, 0) is 18.2 Å². The topological polar surface area (TPSA) is 59.5 Å². The zero-order valence-corrected chi connectivity index (χ0v) is 13.9. The van der Waals surface area contributed by atoms with Gasteiger partial charge in [0.1, 0.15) is 15.8 Å². The van der Waals surface area contributed by atoms with E-state index in [0.717, 1.165) is 16.6 Å². The molecule has 5 nitrogen and oxygen atoms in total. The molecule has 1 heterocycles. The summed E-state index contributed by atoms with van der Waals surface area (Å²) in [6.07, 6.45) is -3.79. The highest BCUT2D eigenvalue weighted by atomic mass is 35.5. The minimum absolute atomic E-state index is 0.0721. The Kier molecular flexibility index (Phi) is 5.36. The van der Waals surface area contributed by atoms with Gasteiger partial charge in [0.15, 0.2) is 0 Å². The van der Waals surface area contributed by atoms with Crippen LogP contribution in [0.15, 0.2) is 47.5 Å². The van der Waals surface area contributed by atoms with E-state index in [1.54, 1.807) is 0 Å². The normalized spacial score (nSPS) is 12.4. The summed E-state index contributed by atoms with van der Waals surface area (Å²) in [6.45, 7) is -0.308. The van der Waals surface area contributed by atoms with Gasteiger partial charge < -0.3 is 4.74 Å². The summed E-state index contributed by atoms with van der Waals surface area (Å²) in [5.74, 6) is -0.457. The lowest BCUT2D eigenvalue weighted by Crippen LogP contribution is -2.27. The van der Waals surface area contributed by atoms with Crippen LogP contribution in [-0.2, 0) is 16.6 Å². The Hall–Kier alpha value is -1.84. The van der Waals surface area contributed by atoms with Crippen LogP contribution >= 0.6 is 11.6 Å². The largest absolute Gasteiger partial charge is 0.573 e. The van der Waals surface area contributed by atoms with Gasteiger partial charge in [-0.15, -0.1) is 13.2 Å². The second-order valence-corrected chi connectivity index (χ2v) is 7.17. The van der Waals surface area contributed by atoms with Crippen molar-refractivity contribution in [3.8, 4) is 5.75 Å². The van der Waals surface area contributed by atoms with E-state index in [2.05, 4.69) is 9.72 Å². The number of ether oxygens (including phenoxy) is 1. The van der Waals surface area contributed by atoms with Crippen molar-refractivity contribution in [2.75, 3.05) is 7.05 Å². The van der Waals surface area contributed by atoms with Gasteiger partial charge in [0.05, 0.1) is 0 Å². The van der Waals surface area contributed by atoms with Crippen LogP contribution in [0.2, 0.25) is 5.15 Å². The van der Waals surface area contributed by atoms with Crippen LogP contribution in [0.25, 0.3) is 0 Å². The molecule has 0 aliphatic rings. The first-order valence-electron chi connectivity index (χ1n) is 6.51. The van der Waals surface area contributed by atoms with Crippen LogP contribution in [0, 0.1) is 0 Å². The van der Waals surface area contributed by atoms with Crippen LogP contribution in [0.4, 0.5) is 13.2 Å². The zero-order valence-electron chi connectivity index (χ0n) is 12.3. The van der Waals surface area contributed by atoms with Crippen LogP contribution in [-0.4, -0.2) is 31.1 Å². The lowest BCUT2D eigenvalue weighted by Gasteiger charge is -2.19. The zero-order chi connectivity index (χ0) is 18.0. The molecule has 0 aliphatic carbocycles. The first-order valence-corrected chi connectivity index (χ1v) is 8.33. The number of rotatable bonds is 5. The highest BCUT2D eigenvalue weighted by Gasteiger charge is 2.32. The molecular weight excluding hydrogens is 369 g/mol. The third-order valence-corrected chi connectivity index (χ3v) is 5.01. The van der Waals surface area contributed by atoms with E-state index < -0.39 is 22.1 Å². The molecule has 0 amide bonds. The minimum Gasteiger partial charge on any atom is -0.405 e. The number of pyridine rings is 1. The maximum Gasteiger partial charge on any atom is 0.573 e. The number of alkyl halides is 3. The fraction of sp³-hybridized carbons (Fsp3) is 0.214. The molecule has 10 heteroatoms. The fourth-order valence-electron chi connectivity index (χ4n) is 1.88. The van der Waals surface area contributed by atoms with Gasteiger partial charge in [0.25, 0.3) is 0 Å². The number of hydrogen-bond donors (Lipinski definition) is 0. The molecule has 2 aromatic rings. The summed E-state index contributed by atoms with van der Waals surface area (Å²) < 4.78 is 66.9. The summed E-state index contributed by atoms with van der Waals surface area (Å²) >= 11 is 5.61. The van der Waals surface area contributed by atoms with Crippen molar-refractivity contribution in [1.29, 1.82) is 0 Å². The highest BCUT2D eigenvalue weighted by Crippen LogP contribution is 2.28. The summed E-state index contributed by atoms with van der Waals surface area (Å²) in [4.78, 5) is 3.57. The van der Waals surface area contributed by atoms with Crippen LogP contribution in [0.1, 0.15) is 5.56 Å². The van der Waals surface area contributed by atoms with E-state index in [4.69, 9.17) is 11.6 Å². The van der Waals surface area contributed by atoms with Gasteiger partial charge in [0.2, 0.25) is 10.0 Å². The monoisotopic (exact) mass is 380 g/mol. The van der Waals surface area contributed by atoms with Crippen molar-refractivity contribution >= 4 is 21.6 Å². The Morgan fingerprint density at radius 3 is 2.46 bits per heavy atom. The number of para-hydroxylation sites is 1. The molecule has 1 aromatic carbocycles. The standard InChI is InChI=1S/C14H12ClF3N2O3S/c1-20(24(21,22)11-6-7-13(15)19-8-11)9-10-4-2-3-5-12(10)23-14(16,17)18/h2-8H,9H2,1H3. The van der Waals surface area contributed by atoms with E-state index in [1.807, 2.05) is 0 Å². The average Bonchev–Trinajstić information content (AvgIpc) is 2.48. The molecule has 0 radical (unpaired) electrons. The number of nitrogens with zero attached hydrogens (tertiary/aromatic N) is 2. The van der Waals surface area contributed by atoms with Crippen molar-refractivity contribution in [2.45, 2.75) is 17.8 Å². The van der Waals surface area contributed by atoms with Crippen molar-refractivity contribution in [2.24, 2.45) is 0 Å². The maximum absolute atomic E-state index is 12.4. The Morgan fingerprint density at radius 2 is 1.88 bits per heavy atom. The first-order chi connectivity index (χ1) is 11.1. The molecule has 0 atom stereocenters. The lowest BCUT2D eigenvalue weighted by atomic mass is 10.2. The van der Waals surface area contributed by atoms with Crippen LogP contribution < -0.4 is 4.74 Å². The summed E-state index contributed by atoms with van der Waals surface area (Å²) in [7, 11) is -2.69. The molecule has 130 valence electrons. The van der Waals surface area contributed by atoms with E-state index >= 15 is 0 Å². The number of aromatic nitrogens is 1. The Morgan fingerprint density at radius 1 is 1.21 bits per heavy atom. The molecule has 0 N–H and O–H groups in total. The highest BCUT2D eigenvalue weighted by molar-refractivity contribution is 7.89. The van der Waals surface area contributed by atoms with E-state index in [-0.39, 0.29) is 22.2 Å². The molecule has 0 saturated carbocycles. The third kappa shape index (κ3) is 4.59. The fourth-order valence-corrected chi connectivity index (χ4v) is 3.08. The molecule has 0 unspecified atom stereocenters. The summed E-state index contributed by atoms with van der Waals surface area (Å²) in [5.41, 5.74) is 0.0721. The number of halogens is 4. The molecule has 0 bridgehead atoms. The van der Waals surface area contributed by atoms with Crippen molar-refractivity contribution in [3.63, 3.8) is 0 Å². The van der Waals surface area contributed by atoms with Gasteiger partial charge in [0, 0.05) is 25.4 Å². The minimum atomic E-state index is -4.87. The molecular formula is C14H12ClF3N2O3S. The van der Waals surface area contributed by atoms with E-state index in [1.165, 1.54) is 37.4 Å². The molecule has 0 saturated heterocycles. The van der Waals surface area contributed by atoms with Crippen molar-refractivity contribution in [3.05, 3.63) is 53.3 Å². The van der Waals surface area contributed by atoms with Crippen LogP contribution in [0.3, 0.4) is 0 Å². The van der Waals surface area contributed by atoms with Gasteiger partial charge >= 0.3 is 6.36 Å². The van der Waals surface area contributed by atoms with Crippen LogP contribution in [0.5, 0.6) is 5.75 Å². The Bertz CT molecular complexity index is 811. The second-order valence-electron chi connectivity index (χ2n) is 4.73. The van der Waals surface area contributed by atoms with Gasteiger partial charge in [-0.2, -0.15) is 4.31 Å². The number of sulfonamides is 1. The molecule has 0 spiro atoms. The van der Waals surface area contributed by atoms with Gasteiger partial charge in [-0.1, -0.05) is 29.8 Å². The predicted molar refractivity (Wildman–Crippen MR) is 81.0 cm³/mol.